The Hall–Kier alpha value is -3.68. The number of hydrogen-bond acceptors (Lipinski definition) is 5. The molecule has 0 spiro atoms. The van der Waals surface area contributed by atoms with Crippen molar-refractivity contribution in [3.05, 3.63) is 71.3 Å². The molecule has 2 aromatic carbocycles. The Morgan fingerprint density at radius 1 is 1.17 bits per heavy atom. The lowest BCUT2D eigenvalue weighted by Gasteiger charge is -2.08. The van der Waals surface area contributed by atoms with Gasteiger partial charge >= 0.3 is 5.97 Å². The van der Waals surface area contributed by atoms with Gasteiger partial charge in [-0.1, -0.05) is 59.8 Å². The number of carbonyl (C=O) groups excluding carboxylic acids is 1. The van der Waals surface area contributed by atoms with E-state index in [0.717, 1.165) is 22.4 Å². The molecule has 1 atom stereocenters. The number of carbonyl (C=O) groups is 2. The predicted molar refractivity (Wildman–Crippen MR) is 113 cm³/mol. The minimum absolute atomic E-state index is 0.101. The summed E-state index contributed by atoms with van der Waals surface area (Å²) < 4.78 is 0. The molecule has 0 aliphatic carbocycles. The zero-order valence-electron chi connectivity index (χ0n) is 16.5. The monoisotopic (exact) mass is 408 g/mol. The third kappa shape index (κ3) is 6.16. The van der Waals surface area contributed by atoms with Crippen molar-refractivity contribution in [2.45, 2.75) is 31.9 Å². The maximum absolute atomic E-state index is 11.8. The topological polar surface area (TPSA) is 126 Å². The van der Waals surface area contributed by atoms with Gasteiger partial charge in [-0.05, 0) is 11.1 Å². The molecule has 3 rings (SSSR count). The number of nitrogens with zero attached hydrogens (tertiary/aromatic N) is 2. The smallest absolute Gasteiger partial charge is 0.305 e. The van der Waals surface area contributed by atoms with Crippen LogP contribution >= 0.6 is 0 Å². The summed E-state index contributed by atoms with van der Waals surface area (Å²) in [4.78, 5) is 32.1. The van der Waals surface area contributed by atoms with E-state index in [2.05, 4.69) is 15.5 Å². The first kappa shape index (κ1) is 21.0. The lowest BCUT2D eigenvalue weighted by atomic mass is 10.0. The summed E-state index contributed by atoms with van der Waals surface area (Å²) in [6.07, 6.45) is 0.165. The van der Waals surface area contributed by atoms with Crippen molar-refractivity contribution in [3.8, 4) is 0 Å². The second-order valence-corrected chi connectivity index (χ2v) is 6.93. The Kier molecular flexibility index (Phi) is 7.15. The van der Waals surface area contributed by atoms with Crippen LogP contribution < -0.4 is 11.1 Å². The van der Waals surface area contributed by atoms with Crippen LogP contribution in [0, 0.1) is 0 Å². The first-order chi connectivity index (χ1) is 14.5. The molecule has 1 amide bonds. The maximum atomic E-state index is 11.8. The molecule has 0 aromatic heterocycles. The molecule has 8 nitrogen and oxygen atoms in total. The van der Waals surface area contributed by atoms with E-state index in [0.29, 0.717) is 18.8 Å². The van der Waals surface area contributed by atoms with E-state index >= 15 is 0 Å². The van der Waals surface area contributed by atoms with E-state index < -0.39 is 5.97 Å². The minimum Gasteiger partial charge on any atom is -0.481 e. The van der Waals surface area contributed by atoms with E-state index in [1.165, 1.54) is 0 Å². The largest absolute Gasteiger partial charge is 0.481 e. The van der Waals surface area contributed by atoms with Crippen molar-refractivity contribution in [2.24, 2.45) is 15.9 Å². The van der Waals surface area contributed by atoms with Gasteiger partial charge in [-0.15, -0.1) is 0 Å². The number of benzene rings is 2. The summed E-state index contributed by atoms with van der Waals surface area (Å²) in [5.41, 5.74) is 9.66. The number of aliphatic imine (C=N–C) groups is 1. The fraction of sp³-hybridized carbons (Fsp3) is 0.273. The van der Waals surface area contributed by atoms with Crippen molar-refractivity contribution in [1.82, 2.24) is 5.32 Å². The SMILES string of the molecule is NC(=NCc1ccccc1)c1ccc(C2=NO[C@H](CC(=O)NCCC(=O)O)C2)cc1. The Morgan fingerprint density at radius 2 is 1.90 bits per heavy atom. The second kappa shape index (κ2) is 10.2. The number of aliphatic carboxylic acids is 1. The summed E-state index contributed by atoms with van der Waals surface area (Å²) in [6.45, 7) is 0.620. The molecule has 8 heteroatoms. The molecular formula is C22H24N4O4. The molecule has 156 valence electrons. The molecule has 0 saturated heterocycles. The zero-order chi connectivity index (χ0) is 21.3. The predicted octanol–water partition coefficient (Wildman–Crippen LogP) is 2.07. The molecule has 0 radical (unpaired) electrons. The van der Waals surface area contributed by atoms with Crippen LogP contribution in [0.25, 0.3) is 0 Å². The Labute approximate surface area is 174 Å². The van der Waals surface area contributed by atoms with Crippen LogP contribution in [0.2, 0.25) is 0 Å². The van der Waals surface area contributed by atoms with Gasteiger partial charge in [0.25, 0.3) is 0 Å². The van der Waals surface area contributed by atoms with Crippen molar-refractivity contribution in [3.63, 3.8) is 0 Å². The van der Waals surface area contributed by atoms with Crippen molar-refractivity contribution in [1.29, 1.82) is 0 Å². The number of nitrogens with one attached hydrogen (secondary N) is 1. The normalized spacial score (nSPS) is 15.9. The molecule has 0 fully saturated rings. The standard InChI is InChI=1S/C22H24N4O4/c23-22(25-14-15-4-2-1-3-5-15)17-8-6-16(7-9-17)19-12-18(30-26-19)13-20(27)24-11-10-21(28)29/h1-9,18H,10-14H2,(H2,23,25)(H,24,27)(H,28,29)/t18-/m0/s1. The minimum atomic E-state index is -0.952. The zero-order valence-corrected chi connectivity index (χ0v) is 16.5. The number of nitrogens with two attached hydrogens (primary N) is 1. The third-order valence-corrected chi connectivity index (χ3v) is 4.60. The quantitative estimate of drug-likeness (QED) is 0.432. The van der Waals surface area contributed by atoms with Gasteiger partial charge in [0.1, 0.15) is 11.9 Å². The molecule has 30 heavy (non-hydrogen) atoms. The average molecular weight is 408 g/mol. The van der Waals surface area contributed by atoms with Crippen LogP contribution in [-0.4, -0.2) is 41.2 Å². The molecule has 2 aromatic rings. The van der Waals surface area contributed by atoms with Gasteiger partial charge in [0.15, 0.2) is 0 Å². The van der Waals surface area contributed by atoms with E-state index in [4.69, 9.17) is 15.7 Å². The molecular weight excluding hydrogens is 384 g/mol. The van der Waals surface area contributed by atoms with Crippen LogP contribution in [0.4, 0.5) is 0 Å². The molecule has 0 unspecified atom stereocenters. The van der Waals surface area contributed by atoms with Crippen LogP contribution in [0.3, 0.4) is 0 Å². The van der Waals surface area contributed by atoms with Crippen molar-refractivity contribution in [2.75, 3.05) is 6.54 Å². The maximum Gasteiger partial charge on any atom is 0.305 e. The molecule has 0 saturated carbocycles. The van der Waals surface area contributed by atoms with Crippen LogP contribution in [-0.2, 0) is 21.0 Å². The highest BCUT2D eigenvalue weighted by Gasteiger charge is 2.24. The van der Waals surface area contributed by atoms with Gasteiger partial charge in [-0.2, -0.15) is 0 Å². The van der Waals surface area contributed by atoms with E-state index in [-0.39, 0.29) is 31.4 Å². The highest BCUT2D eigenvalue weighted by Crippen LogP contribution is 2.19. The van der Waals surface area contributed by atoms with Gasteiger partial charge in [-0.25, -0.2) is 0 Å². The molecule has 1 heterocycles. The molecule has 1 aliphatic heterocycles. The van der Waals surface area contributed by atoms with E-state index in [1.807, 2.05) is 54.6 Å². The number of hydrogen-bond donors (Lipinski definition) is 3. The number of amides is 1. The summed E-state index contributed by atoms with van der Waals surface area (Å²) in [7, 11) is 0. The first-order valence-electron chi connectivity index (χ1n) is 9.67. The lowest BCUT2D eigenvalue weighted by Crippen LogP contribution is -2.29. The second-order valence-electron chi connectivity index (χ2n) is 6.93. The Balaban J connectivity index is 1.50. The number of amidine groups is 1. The van der Waals surface area contributed by atoms with E-state index in [1.54, 1.807) is 0 Å². The summed E-state index contributed by atoms with van der Waals surface area (Å²) in [5.74, 6) is -0.742. The van der Waals surface area contributed by atoms with Gasteiger partial charge < -0.3 is 21.0 Å². The van der Waals surface area contributed by atoms with Gasteiger partial charge in [0.2, 0.25) is 5.91 Å². The van der Waals surface area contributed by atoms with Crippen LogP contribution in [0.1, 0.15) is 36.0 Å². The van der Waals surface area contributed by atoms with Gasteiger partial charge in [0, 0.05) is 18.5 Å². The van der Waals surface area contributed by atoms with Gasteiger partial charge in [-0.3, -0.25) is 14.6 Å². The average Bonchev–Trinajstić information content (AvgIpc) is 3.21. The number of rotatable bonds is 9. The van der Waals surface area contributed by atoms with Crippen molar-refractivity contribution < 1.29 is 19.5 Å². The first-order valence-corrected chi connectivity index (χ1v) is 9.67. The Morgan fingerprint density at radius 3 is 2.60 bits per heavy atom. The van der Waals surface area contributed by atoms with Crippen LogP contribution in [0.5, 0.6) is 0 Å². The lowest BCUT2D eigenvalue weighted by molar-refractivity contribution is -0.136. The van der Waals surface area contributed by atoms with Crippen LogP contribution in [0.15, 0.2) is 64.7 Å². The van der Waals surface area contributed by atoms with E-state index in [9.17, 15) is 9.59 Å². The fourth-order valence-electron chi connectivity index (χ4n) is 2.98. The molecule has 4 N–H and O–H groups in total. The van der Waals surface area contributed by atoms with Gasteiger partial charge in [0.05, 0.1) is 25.1 Å². The number of oxime groups is 1. The molecule has 0 bridgehead atoms. The van der Waals surface area contributed by atoms with Crippen molar-refractivity contribution >= 4 is 23.4 Å². The third-order valence-electron chi connectivity index (χ3n) is 4.60. The highest BCUT2D eigenvalue weighted by atomic mass is 16.6. The Bertz CT molecular complexity index is 939. The fourth-order valence-corrected chi connectivity index (χ4v) is 2.98. The summed E-state index contributed by atoms with van der Waals surface area (Å²) in [6, 6.07) is 17.5. The molecule has 1 aliphatic rings. The summed E-state index contributed by atoms with van der Waals surface area (Å²) >= 11 is 0. The highest BCUT2D eigenvalue weighted by molar-refractivity contribution is 6.03. The number of carboxylic acids is 1. The summed E-state index contributed by atoms with van der Waals surface area (Å²) in [5, 5.41) is 15.2. The number of carboxylic acid groups (broad SMARTS) is 1.